The molecule has 0 radical (unpaired) electrons. The first kappa shape index (κ1) is 20.5. The fourth-order valence-electron chi connectivity index (χ4n) is 3.29. The summed E-state index contributed by atoms with van der Waals surface area (Å²) in [6, 6.07) is 7.81. The zero-order chi connectivity index (χ0) is 15.8. The Balaban J connectivity index is 0.00000264. The summed E-state index contributed by atoms with van der Waals surface area (Å²) in [7, 11) is 0. The first-order valence-electron chi connectivity index (χ1n) is 8.41. The Morgan fingerprint density at radius 1 is 1.17 bits per heavy atom. The van der Waals surface area contributed by atoms with Gasteiger partial charge >= 0.3 is 0 Å². The first-order valence-corrected chi connectivity index (χ1v) is 8.41. The number of nitrogens with zero attached hydrogens (tertiary/aromatic N) is 1. The van der Waals surface area contributed by atoms with E-state index < -0.39 is 0 Å². The van der Waals surface area contributed by atoms with Gasteiger partial charge in [-0.2, -0.15) is 0 Å². The standard InChI is InChI=1S/C18H29NO3.HI/c1-3-9-18(15-20)10-11-19(14-18)12-13-22-17-8-6-5-7-16(17)21-4-2;/h5-8,20H,3-4,9-15H2,1-2H3;1H. The number of rotatable bonds is 9. The number of hydrogen-bond acceptors (Lipinski definition) is 4. The highest BCUT2D eigenvalue weighted by Gasteiger charge is 2.36. The Morgan fingerprint density at radius 2 is 1.87 bits per heavy atom. The number of aliphatic hydroxyl groups excluding tert-OH is 1. The van der Waals surface area contributed by atoms with Gasteiger partial charge in [0.15, 0.2) is 11.5 Å². The summed E-state index contributed by atoms with van der Waals surface area (Å²) in [4.78, 5) is 2.40. The minimum Gasteiger partial charge on any atom is -0.490 e. The molecule has 1 atom stereocenters. The van der Waals surface area contributed by atoms with E-state index in [2.05, 4.69) is 11.8 Å². The average Bonchev–Trinajstić information content (AvgIpc) is 2.93. The molecule has 1 N–H and O–H groups in total. The number of ether oxygens (including phenoxy) is 2. The Bertz CT molecular complexity index is 458. The Kier molecular flexibility index (Phi) is 9.24. The number of benzene rings is 1. The molecule has 5 heteroatoms. The molecule has 1 fully saturated rings. The molecule has 0 aliphatic carbocycles. The maximum Gasteiger partial charge on any atom is 0.161 e. The van der Waals surface area contributed by atoms with E-state index in [1.54, 1.807) is 0 Å². The van der Waals surface area contributed by atoms with Gasteiger partial charge in [-0.3, -0.25) is 4.90 Å². The minimum absolute atomic E-state index is 0. The first-order chi connectivity index (χ1) is 10.7. The van der Waals surface area contributed by atoms with Gasteiger partial charge in [-0.1, -0.05) is 25.5 Å². The van der Waals surface area contributed by atoms with Crippen molar-refractivity contribution in [2.24, 2.45) is 5.41 Å². The van der Waals surface area contributed by atoms with E-state index in [0.29, 0.717) is 19.8 Å². The van der Waals surface area contributed by atoms with Crippen LogP contribution in [0.25, 0.3) is 0 Å². The molecule has 23 heavy (non-hydrogen) atoms. The third-order valence-corrected chi connectivity index (χ3v) is 4.45. The van der Waals surface area contributed by atoms with Crippen molar-refractivity contribution in [1.29, 1.82) is 0 Å². The Morgan fingerprint density at radius 3 is 2.48 bits per heavy atom. The molecule has 0 saturated carbocycles. The molecule has 2 rings (SSSR count). The number of aliphatic hydroxyl groups is 1. The molecular formula is C18H30INO3. The maximum absolute atomic E-state index is 9.69. The molecule has 1 heterocycles. The van der Waals surface area contributed by atoms with E-state index in [9.17, 15) is 5.11 Å². The lowest BCUT2D eigenvalue weighted by molar-refractivity contribution is 0.114. The van der Waals surface area contributed by atoms with Crippen LogP contribution >= 0.6 is 24.0 Å². The number of para-hydroxylation sites is 2. The van der Waals surface area contributed by atoms with Gasteiger partial charge in [0.2, 0.25) is 0 Å². The van der Waals surface area contributed by atoms with Crippen LogP contribution < -0.4 is 9.47 Å². The summed E-state index contributed by atoms with van der Waals surface area (Å²) in [5, 5.41) is 9.69. The van der Waals surface area contributed by atoms with Crippen molar-refractivity contribution >= 4 is 24.0 Å². The maximum atomic E-state index is 9.69. The third-order valence-electron chi connectivity index (χ3n) is 4.45. The predicted molar refractivity (Wildman–Crippen MR) is 104 cm³/mol. The van der Waals surface area contributed by atoms with Gasteiger partial charge in [0.05, 0.1) is 6.61 Å². The van der Waals surface area contributed by atoms with Crippen LogP contribution in [0.4, 0.5) is 0 Å². The molecular weight excluding hydrogens is 405 g/mol. The summed E-state index contributed by atoms with van der Waals surface area (Å²) in [5.74, 6) is 1.62. The molecule has 0 aromatic heterocycles. The molecule has 1 aliphatic heterocycles. The highest BCUT2D eigenvalue weighted by molar-refractivity contribution is 14.0. The van der Waals surface area contributed by atoms with Gasteiger partial charge in [0, 0.05) is 25.1 Å². The molecule has 1 saturated heterocycles. The summed E-state index contributed by atoms with van der Waals surface area (Å²) in [6.07, 6.45) is 3.33. The monoisotopic (exact) mass is 435 g/mol. The van der Waals surface area contributed by atoms with Crippen LogP contribution in [0.15, 0.2) is 24.3 Å². The summed E-state index contributed by atoms with van der Waals surface area (Å²) in [5.41, 5.74) is 0.109. The smallest absolute Gasteiger partial charge is 0.161 e. The van der Waals surface area contributed by atoms with Crippen molar-refractivity contribution in [2.75, 3.05) is 39.5 Å². The zero-order valence-corrected chi connectivity index (χ0v) is 16.6. The number of halogens is 1. The van der Waals surface area contributed by atoms with Crippen LogP contribution in [0.5, 0.6) is 11.5 Å². The summed E-state index contributed by atoms with van der Waals surface area (Å²) in [6.45, 7) is 8.68. The van der Waals surface area contributed by atoms with Crippen LogP contribution in [-0.2, 0) is 0 Å². The van der Waals surface area contributed by atoms with Gasteiger partial charge in [-0.25, -0.2) is 0 Å². The van der Waals surface area contributed by atoms with E-state index in [1.807, 2.05) is 31.2 Å². The molecule has 1 aromatic carbocycles. The van der Waals surface area contributed by atoms with Gasteiger partial charge in [0.1, 0.15) is 6.61 Å². The Labute approximate surface area is 157 Å². The minimum atomic E-state index is 0. The topological polar surface area (TPSA) is 41.9 Å². The second-order valence-electron chi connectivity index (χ2n) is 6.16. The highest BCUT2D eigenvalue weighted by atomic mass is 127. The second-order valence-corrected chi connectivity index (χ2v) is 6.16. The molecule has 1 unspecified atom stereocenters. The lowest BCUT2D eigenvalue weighted by Gasteiger charge is -2.26. The van der Waals surface area contributed by atoms with Crippen molar-refractivity contribution < 1.29 is 14.6 Å². The lowest BCUT2D eigenvalue weighted by atomic mass is 9.83. The molecule has 0 bridgehead atoms. The van der Waals surface area contributed by atoms with Crippen molar-refractivity contribution in [3.63, 3.8) is 0 Å². The SMILES string of the molecule is CCCC1(CO)CCN(CCOc2ccccc2OCC)C1.I. The fourth-order valence-corrected chi connectivity index (χ4v) is 3.29. The van der Waals surface area contributed by atoms with Crippen LogP contribution in [0.2, 0.25) is 0 Å². The van der Waals surface area contributed by atoms with Crippen LogP contribution in [0.1, 0.15) is 33.1 Å². The molecule has 1 aromatic rings. The predicted octanol–water partition coefficient (Wildman–Crippen LogP) is 3.57. The van der Waals surface area contributed by atoms with Crippen LogP contribution in [0.3, 0.4) is 0 Å². The largest absolute Gasteiger partial charge is 0.490 e. The zero-order valence-electron chi connectivity index (χ0n) is 14.3. The van der Waals surface area contributed by atoms with Gasteiger partial charge in [-0.05, 0) is 38.4 Å². The van der Waals surface area contributed by atoms with E-state index in [-0.39, 0.29) is 29.4 Å². The second kappa shape index (κ2) is 10.4. The summed E-state index contributed by atoms with van der Waals surface area (Å²) >= 11 is 0. The Hall–Kier alpha value is -0.530. The molecule has 132 valence electrons. The van der Waals surface area contributed by atoms with E-state index in [1.165, 1.54) is 0 Å². The normalized spacial score (nSPS) is 21.0. The molecule has 0 spiro atoms. The fraction of sp³-hybridized carbons (Fsp3) is 0.667. The van der Waals surface area contributed by atoms with E-state index >= 15 is 0 Å². The van der Waals surface area contributed by atoms with Gasteiger partial charge in [-0.15, -0.1) is 24.0 Å². The number of hydrogen-bond donors (Lipinski definition) is 1. The average molecular weight is 435 g/mol. The van der Waals surface area contributed by atoms with Crippen LogP contribution in [-0.4, -0.2) is 49.5 Å². The summed E-state index contributed by atoms with van der Waals surface area (Å²) < 4.78 is 11.5. The molecule has 4 nitrogen and oxygen atoms in total. The highest BCUT2D eigenvalue weighted by Crippen LogP contribution is 2.34. The van der Waals surface area contributed by atoms with E-state index in [0.717, 1.165) is 50.4 Å². The number of likely N-dealkylation sites (tertiary alicyclic amines) is 1. The van der Waals surface area contributed by atoms with E-state index in [4.69, 9.17) is 9.47 Å². The quantitative estimate of drug-likeness (QED) is 0.603. The molecule has 1 aliphatic rings. The third kappa shape index (κ3) is 5.80. The lowest BCUT2D eigenvalue weighted by Crippen LogP contribution is -2.32. The van der Waals surface area contributed by atoms with Crippen molar-refractivity contribution in [2.45, 2.75) is 33.1 Å². The van der Waals surface area contributed by atoms with Crippen molar-refractivity contribution in [3.8, 4) is 11.5 Å². The molecule has 0 amide bonds. The van der Waals surface area contributed by atoms with Crippen LogP contribution in [0, 0.1) is 5.41 Å². The van der Waals surface area contributed by atoms with Crippen molar-refractivity contribution in [3.05, 3.63) is 24.3 Å². The van der Waals surface area contributed by atoms with Gasteiger partial charge in [0.25, 0.3) is 0 Å². The van der Waals surface area contributed by atoms with Gasteiger partial charge < -0.3 is 14.6 Å². The van der Waals surface area contributed by atoms with Crippen molar-refractivity contribution in [1.82, 2.24) is 4.90 Å².